The number of ether oxygens (including phenoxy) is 1. The van der Waals surface area contributed by atoms with Crippen LogP contribution in [-0.4, -0.2) is 41.5 Å². The highest BCUT2D eigenvalue weighted by molar-refractivity contribution is 7.15. The van der Waals surface area contributed by atoms with Gasteiger partial charge in [-0.3, -0.25) is 10.1 Å². The quantitative estimate of drug-likeness (QED) is 0.824. The fourth-order valence-corrected chi connectivity index (χ4v) is 4.77. The monoisotopic (exact) mass is 400 g/mol. The predicted octanol–water partition coefficient (Wildman–Crippen LogP) is 3.41. The van der Waals surface area contributed by atoms with Crippen LogP contribution in [0.3, 0.4) is 0 Å². The highest BCUT2D eigenvalue weighted by Crippen LogP contribution is 2.29. The molecular weight excluding hydrogens is 376 g/mol. The van der Waals surface area contributed by atoms with Crippen LogP contribution in [0, 0.1) is 0 Å². The molecule has 0 saturated heterocycles. The fourth-order valence-electron chi connectivity index (χ4n) is 3.75. The SMILES string of the molecule is COc1cccc(C(=O)N2CCc3nc(NC(=O)NC4CCCC4)sc3C2)c1. The Kier molecular flexibility index (Phi) is 5.47. The summed E-state index contributed by atoms with van der Waals surface area (Å²) in [6.07, 6.45) is 5.13. The summed E-state index contributed by atoms with van der Waals surface area (Å²) in [6.45, 7) is 1.12. The summed E-state index contributed by atoms with van der Waals surface area (Å²) in [5, 5.41) is 6.46. The minimum atomic E-state index is -0.192. The van der Waals surface area contributed by atoms with Gasteiger partial charge in [-0.25, -0.2) is 9.78 Å². The van der Waals surface area contributed by atoms with Gasteiger partial charge in [0.2, 0.25) is 0 Å². The van der Waals surface area contributed by atoms with E-state index in [0.717, 1.165) is 23.4 Å². The molecule has 2 aliphatic rings. The summed E-state index contributed by atoms with van der Waals surface area (Å²) < 4.78 is 5.21. The van der Waals surface area contributed by atoms with E-state index in [1.807, 2.05) is 17.0 Å². The van der Waals surface area contributed by atoms with E-state index in [1.165, 1.54) is 24.2 Å². The van der Waals surface area contributed by atoms with Gasteiger partial charge in [-0.05, 0) is 31.0 Å². The zero-order valence-corrected chi connectivity index (χ0v) is 16.7. The number of methoxy groups -OCH3 is 1. The third-order valence-corrected chi connectivity index (χ3v) is 6.24. The first kappa shape index (κ1) is 18.7. The van der Waals surface area contributed by atoms with Gasteiger partial charge in [0.15, 0.2) is 5.13 Å². The Hall–Kier alpha value is -2.61. The second-order valence-electron chi connectivity index (χ2n) is 7.18. The zero-order chi connectivity index (χ0) is 19.5. The second-order valence-corrected chi connectivity index (χ2v) is 8.26. The molecule has 1 aromatic carbocycles. The molecule has 1 aromatic heterocycles. The van der Waals surface area contributed by atoms with Crippen molar-refractivity contribution in [3.05, 3.63) is 40.4 Å². The number of hydrogen-bond acceptors (Lipinski definition) is 5. The van der Waals surface area contributed by atoms with Gasteiger partial charge in [-0.2, -0.15) is 0 Å². The van der Waals surface area contributed by atoms with Gasteiger partial charge in [0.05, 0.1) is 19.3 Å². The van der Waals surface area contributed by atoms with Crippen molar-refractivity contribution >= 4 is 28.4 Å². The topological polar surface area (TPSA) is 83.6 Å². The van der Waals surface area contributed by atoms with Crippen LogP contribution in [0.5, 0.6) is 5.75 Å². The molecule has 0 bridgehead atoms. The lowest BCUT2D eigenvalue weighted by Gasteiger charge is -2.26. The molecular formula is C20H24N4O3S. The van der Waals surface area contributed by atoms with E-state index in [0.29, 0.717) is 36.0 Å². The third kappa shape index (κ3) is 4.11. The zero-order valence-electron chi connectivity index (χ0n) is 15.9. The number of carbonyl (C=O) groups excluding carboxylic acids is 2. The number of anilines is 1. The highest BCUT2D eigenvalue weighted by Gasteiger charge is 2.26. The fraction of sp³-hybridized carbons (Fsp3) is 0.450. The predicted molar refractivity (Wildman–Crippen MR) is 108 cm³/mol. The van der Waals surface area contributed by atoms with E-state index in [2.05, 4.69) is 15.6 Å². The first-order valence-electron chi connectivity index (χ1n) is 9.62. The van der Waals surface area contributed by atoms with Crippen molar-refractivity contribution in [2.45, 2.75) is 44.7 Å². The van der Waals surface area contributed by atoms with Gasteiger partial charge in [0.25, 0.3) is 5.91 Å². The molecule has 1 aliphatic carbocycles. The van der Waals surface area contributed by atoms with Crippen molar-refractivity contribution in [2.24, 2.45) is 0 Å². The van der Waals surface area contributed by atoms with Crippen LogP contribution in [0.1, 0.15) is 46.6 Å². The molecule has 8 heteroatoms. The van der Waals surface area contributed by atoms with E-state index in [4.69, 9.17) is 4.74 Å². The summed E-state index contributed by atoms with van der Waals surface area (Å²) in [5.74, 6) is 0.646. The lowest BCUT2D eigenvalue weighted by molar-refractivity contribution is 0.0736. The maximum absolute atomic E-state index is 12.8. The minimum absolute atomic E-state index is 0.0218. The smallest absolute Gasteiger partial charge is 0.321 e. The van der Waals surface area contributed by atoms with Crippen molar-refractivity contribution in [1.82, 2.24) is 15.2 Å². The van der Waals surface area contributed by atoms with Gasteiger partial charge in [-0.15, -0.1) is 0 Å². The Labute approximate surface area is 168 Å². The van der Waals surface area contributed by atoms with Crippen molar-refractivity contribution in [1.29, 1.82) is 0 Å². The van der Waals surface area contributed by atoms with Gasteiger partial charge < -0.3 is 15.0 Å². The molecule has 4 rings (SSSR count). The van der Waals surface area contributed by atoms with Gasteiger partial charge >= 0.3 is 6.03 Å². The summed E-state index contributed by atoms with van der Waals surface area (Å²) >= 11 is 1.44. The molecule has 7 nitrogen and oxygen atoms in total. The number of rotatable bonds is 4. The van der Waals surface area contributed by atoms with Crippen molar-refractivity contribution in [3.63, 3.8) is 0 Å². The molecule has 2 heterocycles. The largest absolute Gasteiger partial charge is 0.497 e. The van der Waals surface area contributed by atoms with Crippen LogP contribution >= 0.6 is 11.3 Å². The number of aromatic nitrogens is 1. The number of hydrogen-bond donors (Lipinski definition) is 2. The number of nitrogens with zero attached hydrogens (tertiary/aromatic N) is 2. The van der Waals surface area contributed by atoms with E-state index in [-0.39, 0.29) is 18.0 Å². The summed E-state index contributed by atoms with van der Waals surface area (Å²) in [4.78, 5) is 32.4. The lowest BCUT2D eigenvalue weighted by atomic mass is 10.1. The molecule has 2 N–H and O–H groups in total. The normalized spacial score (nSPS) is 16.5. The van der Waals surface area contributed by atoms with E-state index >= 15 is 0 Å². The molecule has 0 radical (unpaired) electrons. The number of carbonyl (C=O) groups is 2. The maximum Gasteiger partial charge on any atom is 0.321 e. The van der Waals surface area contributed by atoms with Crippen LogP contribution in [0.15, 0.2) is 24.3 Å². The van der Waals surface area contributed by atoms with Gasteiger partial charge in [0.1, 0.15) is 5.75 Å². The van der Waals surface area contributed by atoms with E-state index in [1.54, 1.807) is 19.2 Å². The number of amides is 3. The van der Waals surface area contributed by atoms with Crippen LogP contribution in [0.4, 0.5) is 9.93 Å². The maximum atomic E-state index is 12.8. The Morgan fingerprint density at radius 3 is 2.89 bits per heavy atom. The summed E-state index contributed by atoms with van der Waals surface area (Å²) in [5.41, 5.74) is 1.58. The lowest BCUT2D eigenvalue weighted by Crippen LogP contribution is -2.36. The minimum Gasteiger partial charge on any atom is -0.497 e. The second kappa shape index (κ2) is 8.18. The number of urea groups is 1. The highest BCUT2D eigenvalue weighted by atomic mass is 32.1. The van der Waals surface area contributed by atoms with E-state index in [9.17, 15) is 9.59 Å². The summed E-state index contributed by atoms with van der Waals surface area (Å²) in [7, 11) is 1.59. The average molecular weight is 401 g/mol. The van der Waals surface area contributed by atoms with Gasteiger partial charge in [0, 0.05) is 29.4 Å². The van der Waals surface area contributed by atoms with Crippen molar-refractivity contribution < 1.29 is 14.3 Å². The molecule has 148 valence electrons. The Bertz CT molecular complexity index is 876. The molecule has 2 aromatic rings. The number of thiazole rings is 1. The van der Waals surface area contributed by atoms with Crippen molar-refractivity contribution in [3.8, 4) is 5.75 Å². The third-order valence-electron chi connectivity index (χ3n) is 5.25. The van der Waals surface area contributed by atoms with Crippen LogP contribution < -0.4 is 15.4 Å². The Balaban J connectivity index is 1.39. The number of fused-ring (bicyclic) bond motifs is 1. The molecule has 0 unspecified atom stereocenters. The number of nitrogens with one attached hydrogen (secondary N) is 2. The number of benzene rings is 1. The molecule has 1 fully saturated rings. The van der Waals surface area contributed by atoms with Gasteiger partial charge in [-0.1, -0.05) is 30.2 Å². The molecule has 28 heavy (non-hydrogen) atoms. The summed E-state index contributed by atoms with van der Waals surface area (Å²) in [6, 6.07) is 7.27. The standard InChI is InChI=1S/C20H24N4O3S/c1-27-15-8-4-5-13(11-15)18(25)24-10-9-16-17(12-24)28-20(22-16)23-19(26)21-14-6-2-3-7-14/h4-5,8,11,14H,2-3,6-7,9-10,12H2,1H3,(H2,21,22,23,26). The molecule has 0 spiro atoms. The molecule has 1 aliphatic heterocycles. The van der Waals surface area contributed by atoms with Crippen LogP contribution in [0.2, 0.25) is 0 Å². The first-order chi connectivity index (χ1) is 13.6. The van der Waals surface area contributed by atoms with Crippen LogP contribution in [-0.2, 0) is 13.0 Å². The van der Waals surface area contributed by atoms with E-state index < -0.39 is 0 Å². The molecule has 0 atom stereocenters. The Morgan fingerprint density at radius 2 is 2.11 bits per heavy atom. The molecule has 1 saturated carbocycles. The average Bonchev–Trinajstić information content (AvgIpc) is 3.35. The first-order valence-corrected chi connectivity index (χ1v) is 10.4. The Morgan fingerprint density at radius 1 is 1.29 bits per heavy atom. The van der Waals surface area contributed by atoms with Crippen molar-refractivity contribution in [2.75, 3.05) is 19.0 Å². The molecule has 3 amide bonds. The van der Waals surface area contributed by atoms with Crippen LogP contribution in [0.25, 0.3) is 0 Å².